The molecule has 1 saturated heterocycles. The fraction of sp³-hybridized carbons (Fsp3) is 0.435. The molecule has 5 rings (SSSR count). The molecule has 6 nitrogen and oxygen atoms in total. The Morgan fingerprint density at radius 3 is 2.73 bits per heavy atom. The van der Waals surface area contributed by atoms with Crippen LogP contribution in [0, 0.1) is 0 Å². The highest BCUT2D eigenvalue weighted by atomic mass is 35.5. The third-order valence-corrected chi connectivity index (χ3v) is 6.42. The first-order valence-electron chi connectivity index (χ1n) is 10.9. The van der Waals surface area contributed by atoms with Gasteiger partial charge in [-0.3, -0.25) is 4.98 Å². The van der Waals surface area contributed by atoms with Crippen LogP contribution in [-0.2, 0) is 0 Å². The number of fused-ring (bicyclic) bond motifs is 1. The normalized spacial score (nSPS) is 18.0. The molecule has 0 bridgehead atoms. The number of nitrogens with one attached hydrogen (secondary N) is 2. The molecule has 2 N–H and O–H groups in total. The van der Waals surface area contributed by atoms with Gasteiger partial charge in [-0.15, -0.1) is 0 Å². The molecule has 0 unspecified atom stereocenters. The highest BCUT2D eigenvalue weighted by Crippen LogP contribution is 2.34. The summed E-state index contributed by atoms with van der Waals surface area (Å²) >= 11 is 6.59. The Bertz CT molecular complexity index is 1030. The SMILES string of the molecule is Clc1cnc(NC2CCCCC2)cc1-c1cc2cnccc2c(N2CCNCC2)n1. The third kappa shape index (κ3) is 4.07. The lowest BCUT2D eigenvalue weighted by Crippen LogP contribution is -2.44. The van der Waals surface area contributed by atoms with Gasteiger partial charge in [0.2, 0.25) is 0 Å². The first-order chi connectivity index (χ1) is 14.8. The Kier molecular flexibility index (Phi) is 5.69. The maximum Gasteiger partial charge on any atom is 0.137 e. The van der Waals surface area contributed by atoms with Crippen molar-refractivity contribution in [2.45, 2.75) is 38.1 Å². The zero-order valence-electron chi connectivity index (χ0n) is 17.1. The molecule has 1 aliphatic carbocycles. The van der Waals surface area contributed by atoms with Gasteiger partial charge in [0.05, 0.1) is 10.7 Å². The average Bonchev–Trinajstić information content (AvgIpc) is 2.81. The quantitative estimate of drug-likeness (QED) is 0.645. The summed E-state index contributed by atoms with van der Waals surface area (Å²) in [6, 6.07) is 6.67. The van der Waals surface area contributed by atoms with Crippen molar-refractivity contribution in [1.29, 1.82) is 0 Å². The first kappa shape index (κ1) is 19.5. The minimum Gasteiger partial charge on any atom is -0.367 e. The second kappa shape index (κ2) is 8.74. The van der Waals surface area contributed by atoms with E-state index < -0.39 is 0 Å². The van der Waals surface area contributed by atoms with Crippen molar-refractivity contribution in [1.82, 2.24) is 20.3 Å². The standard InChI is InChI=1S/C23H27ClN6/c24-20-15-27-22(28-17-4-2-1-3-5-17)13-19(20)21-12-16-14-26-7-6-18(16)23(29-21)30-10-8-25-9-11-30/h6-7,12-15,17,25H,1-5,8-11H2,(H,27,28). The molecule has 0 radical (unpaired) electrons. The molecule has 3 aromatic heterocycles. The maximum absolute atomic E-state index is 6.59. The number of nitrogens with zero attached hydrogens (tertiary/aromatic N) is 4. The average molecular weight is 423 g/mol. The third-order valence-electron chi connectivity index (χ3n) is 6.12. The van der Waals surface area contributed by atoms with Crippen molar-refractivity contribution >= 4 is 34.0 Å². The van der Waals surface area contributed by atoms with E-state index in [1.54, 1.807) is 6.20 Å². The van der Waals surface area contributed by atoms with Gasteiger partial charge in [0.1, 0.15) is 11.6 Å². The van der Waals surface area contributed by atoms with Gasteiger partial charge >= 0.3 is 0 Å². The number of aromatic nitrogens is 3. The van der Waals surface area contributed by atoms with Crippen LogP contribution in [-0.4, -0.2) is 47.2 Å². The molecule has 2 fully saturated rings. The van der Waals surface area contributed by atoms with Gasteiger partial charge < -0.3 is 15.5 Å². The predicted octanol–water partition coefficient (Wildman–Crippen LogP) is 4.50. The summed E-state index contributed by atoms with van der Waals surface area (Å²) in [7, 11) is 0. The van der Waals surface area contributed by atoms with E-state index in [0.29, 0.717) is 11.1 Å². The van der Waals surface area contributed by atoms with Gasteiger partial charge in [-0.1, -0.05) is 30.9 Å². The summed E-state index contributed by atoms with van der Waals surface area (Å²) in [6.45, 7) is 3.80. The van der Waals surface area contributed by atoms with Crippen molar-refractivity contribution in [2.75, 3.05) is 36.4 Å². The molecule has 30 heavy (non-hydrogen) atoms. The summed E-state index contributed by atoms with van der Waals surface area (Å²) in [5, 5.41) is 9.84. The molecule has 4 heterocycles. The summed E-state index contributed by atoms with van der Waals surface area (Å²) in [5.74, 6) is 1.87. The Labute approximate surface area is 182 Å². The van der Waals surface area contributed by atoms with E-state index >= 15 is 0 Å². The number of pyridine rings is 3. The zero-order valence-corrected chi connectivity index (χ0v) is 17.8. The lowest BCUT2D eigenvalue weighted by atomic mass is 9.95. The lowest BCUT2D eigenvalue weighted by Gasteiger charge is -2.29. The zero-order chi connectivity index (χ0) is 20.3. The molecule has 0 aromatic carbocycles. The number of piperazine rings is 1. The molecule has 7 heteroatoms. The Balaban J connectivity index is 1.54. The fourth-order valence-corrected chi connectivity index (χ4v) is 4.71. The van der Waals surface area contributed by atoms with Crippen LogP contribution in [0.25, 0.3) is 22.0 Å². The maximum atomic E-state index is 6.59. The van der Waals surface area contributed by atoms with Crippen molar-refractivity contribution in [3.05, 3.63) is 41.8 Å². The van der Waals surface area contributed by atoms with Gasteiger partial charge in [0, 0.05) is 67.1 Å². The van der Waals surface area contributed by atoms with Gasteiger partial charge in [-0.2, -0.15) is 0 Å². The molecule has 3 aromatic rings. The topological polar surface area (TPSA) is 66.0 Å². The molecule has 0 amide bonds. The summed E-state index contributed by atoms with van der Waals surface area (Å²) in [4.78, 5) is 16.3. The van der Waals surface area contributed by atoms with E-state index in [9.17, 15) is 0 Å². The molecular formula is C23H27ClN6. The summed E-state index contributed by atoms with van der Waals surface area (Å²) in [5.41, 5.74) is 1.77. The van der Waals surface area contributed by atoms with Crippen LogP contribution in [0.4, 0.5) is 11.6 Å². The Morgan fingerprint density at radius 1 is 1.07 bits per heavy atom. The van der Waals surface area contributed by atoms with Crippen molar-refractivity contribution in [3.8, 4) is 11.3 Å². The molecular weight excluding hydrogens is 396 g/mol. The second-order valence-corrected chi connectivity index (χ2v) is 8.60. The van der Waals surface area contributed by atoms with E-state index in [4.69, 9.17) is 16.6 Å². The van der Waals surface area contributed by atoms with E-state index in [1.165, 1.54) is 32.1 Å². The van der Waals surface area contributed by atoms with E-state index in [-0.39, 0.29) is 0 Å². The number of rotatable bonds is 4. The number of hydrogen-bond donors (Lipinski definition) is 2. The second-order valence-electron chi connectivity index (χ2n) is 8.19. The summed E-state index contributed by atoms with van der Waals surface area (Å²) in [6.07, 6.45) is 11.8. The van der Waals surface area contributed by atoms with Crippen LogP contribution >= 0.6 is 11.6 Å². The van der Waals surface area contributed by atoms with Gasteiger partial charge in [-0.05, 0) is 31.0 Å². The lowest BCUT2D eigenvalue weighted by molar-refractivity contribution is 0.462. The van der Waals surface area contributed by atoms with E-state index in [1.807, 2.05) is 24.5 Å². The van der Waals surface area contributed by atoms with E-state index in [2.05, 4.69) is 31.6 Å². The molecule has 0 spiro atoms. The molecule has 156 valence electrons. The first-order valence-corrected chi connectivity index (χ1v) is 11.3. The summed E-state index contributed by atoms with van der Waals surface area (Å²) < 4.78 is 0. The monoisotopic (exact) mass is 422 g/mol. The highest BCUT2D eigenvalue weighted by molar-refractivity contribution is 6.33. The van der Waals surface area contributed by atoms with Crippen molar-refractivity contribution in [3.63, 3.8) is 0 Å². The predicted molar refractivity (Wildman–Crippen MR) is 123 cm³/mol. The Hall–Kier alpha value is -2.44. The van der Waals surface area contributed by atoms with E-state index in [0.717, 1.165) is 59.8 Å². The molecule has 1 aliphatic heterocycles. The van der Waals surface area contributed by atoms with Crippen LogP contribution in [0.3, 0.4) is 0 Å². The smallest absolute Gasteiger partial charge is 0.137 e. The fourth-order valence-electron chi connectivity index (χ4n) is 4.50. The number of halogens is 1. The van der Waals surface area contributed by atoms with Crippen molar-refractivity contribution in [2.24, 2.45) is 0 Å². The minimum atomic E-state index is 0.491. The van der Waals surface area contributed by atoms with Gasteiger partial charge in [0.15, 0.2) is 0 Å². The number of hydrogen-bond acceptors (Lipinski definition) is 6. The van der Waals surface area contributed by atoms with Gasteiger partial charge in [0.25, 0.3) is 0 Å². The number of anilines is 2. The largest absolute Gasteiger partial charge is 0.367 e. The highest BCUT2D eigenvalue weighted by Gasteiger charge is 2.19. The van der Waals surface area contributed by atoms with Crippen LogP contribution < -0.4 is 15.5 Å². The minimum absolute atomic E-state index is 0.491. The van der Waals surface area contributed by atoms with Crippen molar-refractivity contribution < 1.29 is 0 Å². The molecule has 1 saturated carbocycles. The van der Waals surface area contributed by atoms with Crippen LogP contribution in [0.2, 0.25) is 5.02 Å². The van der Waals surface area contributed by atoms with Crippen LogP contribution in [0.1, 0.15) is 32.1 Å². The van der Waals surface area contributed by atoms with Gasteiger partial charge in [-0.25, -0.2) is 9.97 Å². The van der Waals surface area contributed by atoms with Crippen LogP contribution in [0.15, 0.2) is 36.8 Å². The molecule has 2 aliphatic rings. The Morgan fingerprint density at radius 2 is 1.90 bits per heavy atom. The van der Waals surface area contributed by atoms with Crippen LogP contribution in [0.5, 0.6) is 0 Å². The molecule has 0 atom stereocenters.